The predicted octanol–water partition coefficient (Wildman–Crippen LogP) is 5.31. The summed E-state index contributed by atoms with van der Waals surface area (Å²) in [4.78, 5) is 17.3. The van der Waals surface area contributed by atoms with Crippen molar-refractivity contribution in [2.24, 2.45) is 0 Å². The third kappa shape index (κ3) is 5.29. The van der Waals surface area contributed by atoms with E-state index in [0.29, 0.717) is 41.1 Å². The third-order valence-corrected chi connectivity index (χ3v) is 6.30. The maximum Gasteiger partial charge on any atom is 0.224 e. The van der Waals surface area contributed by atoms with Crippen molar-refractivity contribution >= 4 is 40.1 Å². The Balaban J connectivity index is 1.46. The normalized spacial score (nSPS) is 10.9. The molecule has 34 heavy (non-hydrogen) atoms. The van der Waals surface area contributed by atoms with Gasteiger partial charge in [0.05, 0.1) is 38.2 Å². The summed E-state index contributed by atoms with van der Waals surface area (Å²) in [5, 5.41) is 4.21. The van der Waals surface area contributed by atoms with Gasteiger partial charge in [0.25, 0.3) is 0 Å². The van der Waals surface area contributed by atoms with Crippen LogP contribution in [-0.2, 0) is 24.2 Å². The Morgan fingerprint density at radius 2 is 1.71 bits per heavy atom. The molecule has 0 unspecified atom stereocenters. The molecule has 0 atom stereocenters. The zero-order valence-corrected chi connectivity index (χ0v) is 20.5. The van der Waals surface area contributed by atoms with Gasteiger partial charge in [-0.15, -0.1) is 0 Å². The summed E-state index contributed by atoms with van der Waals surface area (Å²) >= 11 is 12.8. The highest BCUT2D eigenvalue weighted by Crippen LogP contribution is 2.28. The largest absolute Gasteiger partial charge is 0.493 e. The lowest BCUT2D eigenvalue weighted by atomic mass is 10.1. The van der Waals surface area contributed by atoms with Crippen molar-refractivity contribution in [3.63, 3.8) is 0 Å². The van der Waals surface area contributed by atoms with Crippen LogP contribution in [-0.4, -0.2) is 36.2 Å². The summed E-state index contributed by atoms with van der Waals surface area (Å²) in [5.74, 6) is 2.00. The van der Waals surface area contributed by atoms with Crippen LogP contribution in [0.5, 0.6) is 11.5 Å². The van der Waals surface area contributed by atoms with E-state index in [1.807, 2.05) is 54.6 Å². The lowest BCUT2D eigenvalue weighted by Crippen LogP contribution is -2.28. The molecule has 0 bridgehead atoms. The Morgan fingerprint density at radius 3 is 2.44 bits per heavy atom. The molecule has 8 heteroatoms. The molecular weight excluding hydrogens is 473 g/mol. The molecule has 0 saturated carbocycles. The molecule has 4 rings (SSSR count). The van der Waals surface area contributed by atoms with Gasteiger partial charge in [0.2, 0.25) is 5.91 Å². The van der Waals surface area contributed by atoms with Crippen LogP contribution in [0.25, 0.3) is 11.0 Å². The predicted molar refractivity (Wildman–Crippen MR) is 135 cm³/mol. The number of ether oxygens (including phenoxy) is 2. The number of fused-ring (bicyclic) bond motifs is 1. The summed E-state index contributed by atoms with van der Waals surface area (Å²) in [7, 11) is 3.15. The summed E-state index contributed by atoms with van der Waals surface area (Å²) < 4.78 is 12.7. The quantitative estimate of drug-likeness (QED) is 0.340. The van der Waals surface area contributed by atoms with Gasteiger partial charge in [-0.3, -0.25) is 4.79 Å². The van der Waals surface area contributed by atoms with Crippen molar-refractivity contribution in [2.45, 2.75) is 19.4 Å². The number of methoxy groups -OCH3 is 2. The molecule has 0 fully saturated rings. The van der Waals surface area contributed by atoms with Crippen LogP contribution in [0.4, 0.5) is 0 Å². The molecule has 1 heterocycles. The average Bonchev–Trinajstić information content (AvgIpc) is 3.18. The number of rotatable bonds is 9. The van der Waals surface area contributed by atoms with Crippen molar-refractivity contribution in [1.29, 1.82) is 0 Å². The zero-order valence-electron chi connectivity index (χ0n) is 19.0. The summed E-state index contributed by atoms with van der Waals surface area (Å²) in [6.07, 6.45) is 0.806. The van der Waals surface area contributed by atoms with Crippen molar-refractivity contribution in [1.82, 2.24) is 14.9 Å². The maximum atomic E-state index is 12.5. The van der Waals surface area contributed by atoms with Crippen molar-refractivity contribution in [3.8, 4) is 11.5 Å². The minimum atomic E-state index is -0.0796. The molecule has 176 valence electrons. The number of benzene rings is 3. The molecule has 0 saturated heterocycles. The number of aromatic nitrogens is 2. The van der Waals surface area contributed by atoms with E-state index in [1.165, 1.54) is 0 Å². The third-order valence-electron chi connectivity index (χ3n) is 5.59. The van der Waals surface area contributed by atoms with Gasteiger partial charge >= 0.3 is 0 Å². The van der Waals surface area contributed by atoms with Gasteiger partial charge in [0, 0.05) is 28.6 Å². The summed E-state index contributed by atoms with van der Waals surface area (Å²) in [5.41, 5.74) is 3.56. The molecule has 4 aromatic rings. The lowest BCUT2D eigenvalue weighted by Gasteiger charge is -2.13. The number of carbonyl (C=O) groups is 1. The van der Waals surface area contributed by atoms with E-state index in [0.717, 1.165) is 28.0 Å². The second-order valence-electron chi connectivity index (χ2n) is 7.77. The SMILES string of the molecule is COc1ccc(CC(=O)NCCc2nc3ccccc3n2Cc2c(Cl)cccc2Cl)cc1OC. The number of hydrogen-bond acceptors (Lipinski definition) is 4. The van der Waals surface area contributed by atoms with Crippen LogP contribution in [0.3, 0.4) is 0 Å². The topological polar surface area (TPSA) is 65.4 Å². The van der Waals surface area contributed by atoms with Gasteiger partial charge in [-0.1, -0.05) is 47.5 Å². The minimum Gasteiger partial charge on any atom is -0.493 e. The van der Waals surface area contributed by atoms with Gasteiger partial charge < -0.3 is 19.4 Å². The molecule has 1 N–H and O–H groups in total. The Kier molecular flexibility index (Phi) is 7.60. The van der Waals surface area contributed by atoms with Crippen molar-refractivity contribution < 1.29 is 14.3 Å². The first-order valence-electron chi connectivity index (χ1n) is 10.8. The first-order chi connectivity index (χ1) is 16.5. The fourth-order valence-corrected chi connectivity index (χ4v) is 4.40. The number of hydrogen-bond donors (Lipinski definition) is 1. The number of halogens is 2. The number of carbonyl (C=O) groups excluding carboxylic acids is 1. The molecule has 0 aliphatic heterocycles. The maximum absolute atomic E-state index is 12.5. The van der Waals surface area contributed by atoms with Gasteiger partial charge in [0.1, 0.15) is 5.82 Å². The first-order valence-corrected chi connectivity index (χ1v) is 11.6. The Morgan fingerprint density at radius 1 is 0.971 bits per heavy atom. The molecule has 6 nitrogen and oxygen atoms in total. The number of nitrogens with one attached hydrogen (secondary N) is 1. The summed E-state index contributed by atoms with van der Waals surface area (Å²) in [6.45, 7) is 0.944. The van der Waals surface area contributed by atoms with Gasteiger partial charge in [-0.05, 0) is 42.0 Å². The van der Waals surface area contributed by atoms with Crippen LogP contribution in [0, 0.1) is 0 Å². The van der Waals surface area contributed by atoms with Gasteiger partial charge in [-0.2, -0.15) is 0 Å². The van der Waals surface area contributed by atoms with E-state index in [2.05, 4.69) is 9.88 Å². The van der Waals surface area contributed by atoms with Gasteiger partial charge in [-0.25, -0.2) is 4.98 Å². The standard InChI is InChI=1S/C26H25Cl2N3O3/c1-33-23-11-10-17(14-24(23)34-2)15-26(32)29-13-12-25-30-21-8-3-4-9-22(21)31(25)16-18-19(27)6-5-7-20(18)28/h3-11,14H,12-13,15-16H2,1-2H3,(H,29,32). The highest BCUT2D eigenvalue weighted by molar-refractivity contribution is 6.36. The monoisotopic (exact) mass is 497 g/mol. The lowest BCUT2D eigenvalue weighted by molar-refractivity contribution is -0.120. The molecule has 0 spiro atoms. The number of para-hydroxylation sites is 2. The Bertz CT molecular complexity index is 1300. The molecule has 0 aliphatic rings. The Hall–Kier alpha value is -3.22. The minimum absolute atomic E-state index is 0.0796. The number of nitrogens with zero attached hydrogens (tertiary/aromatic N) is 2. The fourth-order valence-electron chi connectivity index (χ4n) is 3.89. The molecule has 1 amide bonds. The average molecular weight is 498 g/mol. The molecule has 0 aliphatic carbocycles. The van der Waals surface area contributed by atoms with Crippen LogP contribution < -0.4 is 14.8 Å². The van der Waals surface area contributed by atoms with Crippen LogP contribution in [0.15, 0.2) is 60.7 Å². The highest BCUT2D eigenvalue weighted by atomic mass is 35.5. The molecule has 1 aromatic heterocycles. The van der Waals surface area contributed by atoms with Crippen molar-refractivity contribution in [3.05, 3.63) is 87.7 Å². The second-order valence-corrected chi connectivity index (χ2v) is 8.58. The Labute approximate surface area is 208 Å². The first kappa shape index (κ1) is 23.9. The smallest absolute Gasteiger partial charge is 0.224 e. The van der Waals surface area contributed by atoms with E-state index in [-0.39, 0.29) is 12.3 Å². The molecule has 3 aromatic carbocycles. The van der Waals surface area contributed by atoms with Crippen LogP contribution >= 0.6 is 23.2 Å². The van der Waals surface area contributed by atoms with Crippen LogP contribution in [0.1, 0.15) is 17.0 Å². The molecule has 0 radical (unpaired) electrons. The van der Waals surface area contributed by atoms with E-state index >= 15 is 0 Å². The van der Waals surface area contributed by atoms with E-state index in [1.54, 1.807) is 20.3 Å². The van der Waals surface area contributed by atoms with Crippen LogP contribution in [0.2, 0.25) is 10.0 Å². The highest BCUT2D eigenvalue weighted by Gasteiger charge is 2.15. The zero-order chi connectivity index (χ0) is 24.1. The van der Waals surface area contributed by atoms with E-state index in [9.17, 15) is 4.79 Å². The number of imidazole rings is 1. The summed E-state index contributed by atoms with van der Waals surface area (Å²) in [6, 6.07) is 18.9. The second kappa shape index (κ2) is 10.8. The molecular formula is C26H25Cl2N3O3. The van der Waals surface area contributed by atoms with Gasteiger partial charge in [0.15, 0.2) is 11.5 Å². The fraction of sp³-hybridized carbons (Fsp3) is 0.231. The van der Waals surface area contributed by atoms with Crippen molar-refractivity contribution in [2.75, 3.05) is 20.8 Å². The van der Waals surface area contributed by atoms with E-state index < -0.39 is 0 Å². The number of amides is 1. The van der Waals surface area contributed by atoms with E-state index in [4.69, 9.17) is 37.7 Å².